The van der Waals surface area contributed by atoms with E-state index in [1.54, 1.807) is 0 Å². The number of hydrogen-bond acceptors (Lipinski definition) is 3. The van der Waals surface area contributed by atoms with Gasteiger partial charge in [-0.15, -0.1) is 0 Å². The van der Waals surface area contributed by atoms with Crippen molar-refractivity contribution in [2.75, 3.05) is 12.3 Å². The first-order chi connectivity index (χ1) is 9.40. The summed E-state index contributed by atoms with van der Waals surface area (Å²) in [5, 5.41) is 0.0603. The maximum absolute atomic E-state index is 12.2. The van der Waals surface area contributed by atoms with Crippen LogP contribution in [0.5, 0.6) is 0 Å². The topological polar surface area (TPSA) is 72.2 Å². The summed E-state index contributed by atoms with van der Waals surface area (Å²) in [4.78, 5) is -0.115. The first-order valence-corrected chi connectivity index (χ1v) is 8.56. The molecule has 0 bridgehead atoms. The summed E-state index contributed by atoms with van der Waals surface area (Å²) in [5.74, 6) is 0. The lowest BCUT2D eigenvalue weighted by molar-refractivity contribution is 0.581. The van der Waals surface area contributed by atoms with E-state index in [1.165, 1.54) is 17.7 Å². The van der Waals surface area contributed by atoms with Gasteiger partial charge in [-0.1, -0.05) is 34.9 Å². The van der Waals surface area contributed by atoms with E-state index in [9.17, 15) is 8.42 Å². The molecule has 0 atom stereocenters. The molecule has 7 heteroatoms. The Kier molecular flexibility index (Phi) is 4.96. The van der Waals surface area contributed by atoms with Gasteiger partial charge in [-0.05, 0) is 37.8 Å². The Morgan fingerprint density at radius 2 is 1.90 bits per heavy atom. The number of anilines is 1. The fourth-order valence-corrected chi connectivity index (χ4v) is 4.48. The Bertz CT molecular complexity index is 619. The number of hydrogen-bond donors (Lipinski definition) is 2. The summed E-state index contributed by atoms with van der Waals surface area (Å²) < 4.78 is 27.0. The van der Waals surface area contributed by atoms with Crippen LogP contribution >= 0.6 is 23.2 Å². The minimum atomic E-state index is -3.73. The van der Waals surface area contributed by atoms with Crippen LogP contribution < -0.4 is 10.5 Å². The molecule has 2 rings (SSSR count). The summed E-state index contributed by atoms with van der Waals surface area (Å²) in [6, 6.07) is 2.75. The van der Waals surface area contributed by atoms with E-state index >= 15 is 0 Å². The van der Waals surface area contributed by atoms with E-state index in [-0.39, 0.29) is 14.9 Å². The fraction of sp³-hybridized carbons (Fsp3) is 0.385. The van der Waals surface area contributed by atoms with Crippen LogP contribution in [0, 0.1) is 0 Å². The molecule has 0 saturated carbocycles. The number of benzene rings is 1. The fourth-order valence-electron chi connectivity index (χ4n) is 2.22. The maximum Gasteiger partial charge on any atom is 0.243 e. The number of nitrogens with two attached hydrogens (primary N) is 1. The van der Waals surface area contributed by atoms with Crippen molar-refractivity contribution in [1.29, 1.82) is 0 Å². The lowest BCUT2D eigenvalue weighted by Gasteiger charge is -2.11. The van der Waals surface area contributed by atoms with Crippen LogP contribution in [-0.2, 0) is 10.0 Å². The molecule has 1 aromatic carbocycles. The number of rotatable bonds is 5. The van der Waals surface area contributed by atoms with Crippen molar-refractivity contribution in [2.45, 2.75) is 30.6 Å². The summed E-state index contributed by atoms with van der Waals surface area (Å²) in [7, 11) is -3.73. The monoisotopic (exact) mass is 334 g/mol. The number of nitrogens with one attached hydrogen (secondary N) is 1. The number of sulfonamides is 1. The zero-order chi connectivity index (χ0) is 14.8. The smallest absolute Gasteiger partial charge is 0.243 e. The highest BCUT2D eigenvalue weighted by molar-refractivity contribution is 7.89. The van der Waals surface area contributed by atoms with Gasteiger partial charge in [-0.2, -0.15) is 0 Å². The molecule has 0 radical (unpaired) electrons. The Balaban J connectivity index is 2.10. The van der Waals surface area contributed by atoms with Crippen molar-refractivity contribution in [1.82, 2.24) is 4.72 Å². The molecule has 1 aliphatic rings. The standard InChI is InChI=1S/C13H16Cl2N2O2S/c14-11-7-10(16)8-12(15)13(11)20(18,19)17-6-5-9-3-1-2-4-9/h3,7-8,17H,1-2,4-6,16H2. The predicted octanol–water partition coefficient (Wildman–Crippen LogP) is 3.35. The van der Waals surface area contributed by atoms with Crippen molar-refractivity contribution in [3.05, 3.63) is 33.8 Å². The van der Waals surface area contributed by atoms with Crippen molar-refractivity contribution < 1.29 is 8.42 Å². The summed E-state index contributed by atoms with van der Waals surface area (Å²) in [6.45, 7) is 0.338. The highest BCUT2D eigenvalue weighted by atomic mass is 35.5. The maximum atomic E-state index is 12.2. The third-order valence-electron chi connectivity index (χ3n) is 3.16. The van der Waals surface area contributed by atoms with Gasteiger partial charge in [0.15, 0.2) is 0 Å². The van der Waals surface area contributed by atoms with Crippen LogP contribution in [0.25, 0.3) is 0 Å². The van der Waals surface area contributed by atoms with Crippen LogP contribution in [0.4, 0.5) is 5.69 Å². The van der Waals surface area contributed by atoms with Gasteiger partial charge in [0.25, 0.3) is 0 Å². The molecule has 0 aromatic heterocycles. The Hall–Kier alpha value is -0.750. The quantitative estimate of drug-likeness (QED) is 0.640. The SMILES string of the molecule is Nc1cc(Cl)c(S(=O)(=O)NCCC2=CCCC2)c(Cl)c1. The average Bonchev–Trinajstić information content (AvgIpc) is 2.79. The molecular weight excluding hydrogens is 319 g/mol. The Morgan fingerprint density at radius 3 is 2.45 bits per heavy atom. The second-order valence-electron chi connectivity index (χ2n) is 4.72. The molecule has 0 aliphatic heterocycles. The van der Waals surface area contributed by atoms with E-state index in [0.717, 1.165) is 19.3 Å². The minimum Gasteiger partial charge on any atom is -0.399 e. The van der Waals surface area contributed by atoms with Crippen LogP contribution in [0.3, 0.4) is 0 Å². The number of nitrogen functional groups attached to an aromatic ring is 1. The van der Waals surface area contributed by atoms with Crippen LogP contribution in [0.15, 0.2) is 28.7 Å². The molecule has 0 unspecified atom stereocenters. The van der Waals surface area contributed by atoms with Gasteiger partial charge in [0.2, 0.25) is 10.0 Å². The summed E-state index contributed by atoms with van der Waals surface area (Å²) in [5.41, 5.74) is 7.19. The summed E-state index contributed by atoms with van der Waals surface area (Å²) >= 11 is 11.9. The molecule has 3 N–H and O–H groups in total. The van der Waals surface area contributed by atoms with Crippen LogP contribution in [-0.4, -0.2) is 15.0 Å². The normalized spacial score (nSPS) is 15.4. The van der Waals surface area contributed by atoms with Crippen molar-refractivity contribution >= 4 is 38.9 Å². The first kappa shape index (κ1) is 15.6. The predicted molar refractivity (Wildman–Crippen MR) is 82.6 cm³/mol. The van der Waals surface area contributed by atoms with E-state index in [0.29, 0.717) is 18.7 Å². The van der Waals surface area contributed by atoms with E-state index in [1.807, 2.05) is 0 Å². The highest BCUT2D eigenvalue weighted by Gasteiger charge is 2.22. The summed E-state index contributed by atoms with van der Waals surface area (Å²) in [6.07, 6.45) is 6.15. The van der Waals surface area contributed by atoms with E-state index in [4.69, 9.17) is 28.9 Å². The van der Waals surface area contributed by atoms with Gasteiger partial charge in [0.05, 0.1) is 10.0 Å². The van der Waals surface area contributed by atoms with E-state index in [2.05, 4.69) is 10.8 Å². The van der Waals surface area contributed by atoms with Gasteiger partial charge >= 0.3 is 0 Å². The Morgan fingerprint density at radius 1 is 1.25 bits per heavy atom. The molecule has 0 heterocycles. The molecule has 0 spiro atoms. The molecule has 110 valence electrons. The highest BCUT2D eigenvalue weighted by Crippen LogP contribution is 2.31. The van der Waals surface area contributed by atoms with Gasteiger partial charge in [-0.25, -0.2) is 13.1 Å². The first-order valence-electron chi connectivity index (χ1n) is 6.32. The van der Waals surface area contributed by atoms with Gasteiger partial charge in [0, 0.05) is 12.2 Å². The van der Waals surface area contributed by atoms with E-state index < -0.39 is 10.0 Å². The Labute approximate surface area is 129 Å². The minimum absolute atomic E-state index is 0.0302. The molecular formula is C13H16Cl2N2O2S. The van der Waals surface area contributed by atoms with Gasteiger partial charge in [0.1, 0.15) is 4.90 Å². The molecule has 1 aromatic rings. The lowest BCUT2D eigenvalue weighted by atomic mass is 10.2. The second-order valence-corrected chi connectivity index (χ2v) is 7.23. The lowest BCUT2D eigenvalue weighted by Crippen LogP contribution is -2.25. The third-order valence-corrected chi connectivity index (χ3v) is 5.54. The van der Waals surface area contributed by atoms with Gasteiger partial charge in [-0.3, -0.25) is 0 Å². The molecule has 4 nitrogen and oxygen atoms in total. The molecule has 20 heavy (non-hydrogen) atoms. The second kappa shape index (κ2) is 6.35. The van der Waals surface area contributed by atoms with Crippen molar-refractivity contribution in [3.63, 3.8) is 0 Å². The average molecular weight is 335 g/mol. The number of halogens is 2. The zero-order valence-corrected chi connectivity index (χ0v) is 13.2. The zero-order valence-electron chi connectivity index (χ0n) is 10.8. The van der Waals surface area contributed by atoms with Crippen molar-refractivity contribution in [2.24, 2.45) is 0 Å². The van der Waals surface area contributed by atoms with Crippen LogP contribution in [0.1, 0.15) is 25.7 Å². The molecule has 0 fully saturated rings. The van der Waals surface area contributed by atoms with Gasteiger partial charge < -0.3 is 5.73 Å². The molecule has 1 aliphatic carbocycles. The van der Waals surface area contributed by atoms with Crippen molar-refractivity contribution in [3.8, 4) is 0 Å². The molecule has 0 saturated heterocycles. The van der Waals surface area contributed by atoms with Crippen LogP contribution in [0.2, 0.25) is 10.0 Å². The number of allylic oxidation sites excluding steroid dienone is 1. The molecule has 0 amide bonds. The largest absolute Gasteiger partial charge is 0.399 e. The third kappa shape index (κ3) is 3.67.